The number of para-hydroxylation sites is 1. The summed E-state index contributed by atoms with van der Waals surface area (Å²) in [5.74, 6) is 0.237. The lowest BCUT2D eigenvalue weighted by molar-refractivity contribution is 0.0922. The molecule has 2 heterocycles. The number of nitrogens with zero attached hydrogens (tertiary/aromatic N) is 2. The van der Waals surface area contributed by atoms with Gasteiger partial charge in [0.25, 0.3) is 0 Å². The van der Waals surface area contributed by atoms with Crippen LogP contribution in [-0.4, -0.2) is 28.8 Å². The minimum Gasteiger partial charge on any atom is -0.346 e. The number of hydrogen-bond acceptors (Lipinski definition) is 2. The number of carbonyl (C=O) groups is 1. The molecule has 0 bridgehead atoms. The second kappa shape index (κ2) is 3.19. The van der Waals surface area contributed by atoms with E-state index >= 15 is 0 Å². The Morgan fingerprint density at radius 3 is 2.69 bits per heavy atom. The van der Waals surface area contributed by atoms with Gasteiger partial charge in [-0.25, -0.2) is 0 Å². The molecule has 16 heavy (non-hydrogen) atoms. The molecule has 0 saturated heterocycles. The van der Waals surface area contributed by atoms with E-state index in [2.05, 4.69) is 15.5 Å². The van der Waals surface area contributed by atoms with Crippen LogP contribution in [0.15, 0.2) is 24.3 Å². The number of rotatable bonds is 0. The number of Topliss-reactive ketones (excluding diaryl/α,β-unsaturated/α-hetero) is 1. The predicted octanol–water partition coefficient (Wildman–Crippen LogP) is 1.81. The molecular formula is C13H14N2O. The molecule has 0 saturated carbocycles. The zero-order valence-electron chi connectivity index (χ0n) is 9.53. The molecule has 0 spiro atoms. The van der Waals surface area contributed by atoms with E-state index in [1.165, 1.54) is 0 Å². The van der Waals surface area contributed by atoms with Crippen molar-refractivity contribution in [3.63, 3.8) is 0 Å². The van der Waals surface area contributed by atoms with Gasteiger partial charge in [-0.1, -0.05) is 18.2 Å². The zero-order valence-corrected chi connectivity index (χ0v) is 9.53. The molecule has 0 radical (unpaired) electrons. The minimum absolute atomic E-state index is 0.237. The fourth-order valence-corrected chi connectivity index (χ4v) is 2.58. The Morgan fingerprint density at radius 2 is 1.88 bits per heavy atom. The van der Waals surface area contributed by atoms with Crippen molar-refractivity contribution in [2.24, 2.45) is 7.05 Å². The van der Waals surface area contributed by atoms with Crippen LogP contribution >= 0.6 is 0 Å². The molecule has 1 aliphatic rings. The maximum absolute atomic E-state index is 12.1. The first-order chi connectivity index (χ1) is 7.68. The van der Waals surface area contributed by atoms with Crippen LogP contribution in [0.2, 0.25) is 0 Å². The average Bonchev–Trinajstić information content (AvgIpc) is 2.54. The fourth-order valence-electron chi connectivity index (χ4n) is 2.58. The maximum Gasteiger partial charge on any atom is 0.179 e. The van der Waals surface area contributed by atoms with Gasteiger partial charge in [0.15, 0.2) is 5.78 Å². The van der Waals surface area contributed by atoms with Crippen molar-refractivity contribution >= 4 is 16.7 Å². The number of likely N-dealkylation sites (N-methyl/N-ethyl adjacent to an activating group) is 1. The Hall–Kier alpha value is -1.61. The van der Waals surface area contributed by atoms with Crippen LogP contribution in [0.4, 0.5) is 0 Å². The summed E-state index contributed by atoms with van der Waals surface area (Å²) in [5.41, 5.74) is 3.22. The molecule has 1 aliphatic heterocycles. The first kappa shape index (κ1) is 9.60. The van der Waals surface area contributed by atoms with Crippen LogP contribution in [0.25, 0.3) is 10.9 Å². The number of ketones is 1. The summed E-state index contributed by atoms with van der Waals surface area (Å²) in [6.07, 6.45) is 0. The second-order valence-electron chi connectivity index (χ2n) is 4.49. The molecule has 82 valence electrons. The smallest absolute Gasteiger partial charge is 0.179 e. The van der Waals surface area contributed by atoms with E-state index in [4.69, 9.17) is 0 Å². The largest absolute Gasteiger partial charge is 0.346 e. The third-order valence-corrected chi connectivity index (χ3v) is 3.34. The number of benzene rings is 1. The normalized spacial score (nSPS) is 16.8. The standard InChI is InChI=1S/C13H14N2O/c1-14-7-11-13(12(16)8-14)9-5-3-4-6-10(9)15(11)2/h3-6H,7-8H2,1-2H3. The third kappa shape index (κ3) is 1.15. The molecule has 0 fully saturated rings. The molecule has 0 unspecified atom stereocenters. The SMILES string of the molecule is CN1CC(=O)c2c(n(C)c3ccccc23)C1. The molecule has 3 nitrogen and oxygen atoms in total. The lowest BCUT2D eigenvalue weighted by Crippen LogP contribution is -2.32. The van der Waals surface area contributed by atoms with E-state index in [0.29, 0.717) is 6.54 Å². The zero-order chi connectivity index (χ0) is 11.3. The Balaban J connectivity index is 2.39. The van der Waals surface area contributed by atoms with E-state index < -0.39 is 0 Å². The highest BCUT2D eigenvalue weighted by molar-refractivity contribution is 6.11. The van der Waals surface area contributed by atoms with Crippen LogP contribution < -0.4 is 0 Å². The predicted molar refractivity (Wildman–Crippen MR) is 63.6 cm³/mol. The fraction of sp³-hybridized carbons (Fsp3) is 0.308. The van der Waals surface area contributed by atoms with Crippen molar-refractivity contribution < 1.29 is 4.79 Å². The van der Waals surface area contributed by atoms with Crippen molar-refractivity contribution in [3.05, 3.63) is 35.5 Å². The number of hydrogen-bond donors (Lipinski definition) is 0. The van der Waals surface area contributed by atoms with Gasteiger partial charge < -0.3 is 4.57 Å². The van der Waals surface area contributed by atoms with Gasteiger partial charge in [0.05, 0.1) is 6.54 Å². The van der Waals surface area contributed by atoms with Gasteiger partial charge in [-0.05, 0) is 13.1 Å². The van der Waals surface area contributed by atoms with Gasteiger partial charge in [-0.15, -0.1) is 0 Å². The molecule has 1 aromatic carbocycles. The highest BCUT2D eigenvalue weighted by Gasteiger charge is 2.26. The summed E-state index contributed by atoms with van der Waals surface area (Å²) < 4.78 is 2.14. The molecule has 0 amide bonds. The van der Waals surface area contributed by atoms with Crippen LogP contribution in [0.1, 0.15) is 16.1 Å². The average molecular weight is 214 g/mol. The van der Waals surface area contributed by atoms with Crippen molar-refractivity contribution in [2.45, 2.75) is 6.54 Å². The molecule has 2 aromatic rings. The highest BCUT2D eigenvalue weighted by Crippen LogP contribution is 2.29. The van der Waals surface area contributed by atoms with Gasteiger partial charge in [-0.2, -0.15) is 0 Å². The Kier molecular flexibility index (Phi) is 1.91. The first-order valence-electron chi connectivity index (χ1n) is 5.46. The summed E-state index contributed by atoms with van der Waals surface area (Å²) in [4.78, 5) is 14.1. The topological polar surface area (TPSA) is 25.2 Å². The maximum atomic E-state index is 12.1. The second-order valence-corrected chi connectivity index (χ2v) is 4.49. The molecular weight excluding hydrogens is 200 g/mol. The van der Waals surface area contributed by atoms with Gasteiger partial charge in [-0.3, -0.25) is 9.69 Å². The van der Waals surface area contributed by atoms with Crippen LogP contribution in [0, 0.1) is 0 Å². The van der Waals surface area contributed by atoms with Crippen molar-refractivity contribution in [1.29, 1.82) is 0 Å². The molecule has 3 heteroatoms. The summed E-state index contributed by atoms with van der Waals surface area (Å²) in [5, 5.41) is 1.10. The summed E-state index contributed by atoms with van der Waals surface area (Å²) in [6.45, 7) is 1.38. The highest BCUT2D eigenvalue weighted by atomic mass is 16.1. The third-order valence-electron chi connectivity index (χ3n) is 3.34. The lowest BCUT2D eigenvalue weighted by Gasteiger charge is -2.22. The summed E-state index contributed by atoms with van der Waals surface area (Å²) in [6, 6.07) is 8.12. The van der Waals surface area contributed by atoms with Gasteiger partial charge >= 0.3 is 0 Å². The summed E-state index contributed by atoms with van der Waals surface area (Å²) in [7, 11) is 4.02. The van der Waals surface area contributed by atoms with Gasteiger partial charge in [0.1, 0.15) is 0 Å². The summed E-state index contributed by atoms with van der Waals surface area (Å²) >= 11 is 0. The van der Waals surface area contributed by atoms with Crippen molar-refractivity contribution in [3.8, 4) is 0 Å². The Morgan fingerprint density at radius 1 is 1.12 bits per heavy atom. The number of fused-ring (bicyclic) bond motifs is 3. The van der Waals surface area contributed by atoms with Gasteiger partial charge in [0, 0.05) is 35.8 Å². The Bertz CT molecular complexity index is 583. The molecule has 0 N–H and O–H groups in total. The van der Waals surface area contributed by atoms with E-state index in [9.17, 15) is 4.79 Å². The van der Waals surface area contributed by atoms with E-state index in [0.717, 1.165) is 28.7 Å². The van der Waals surface area contributed by atoms with Crippen molar-refractivity contribution in [2.75, 3.05) is 13.6 Å². The first-order valence-corrected chi connectivity index (χ1v) is 5.46. The monoisotopic (exact) mass is 214 g/mol. The molecule has 0 aliphatic carbocycles. The van der Waals surface area contributed by atoms with E-state index in [1.54, 1.807) is 0 Å². The number of carbonyl (C=O) groups excluding carboxylic acids is 1. The molecule has 3 rings (SSSR count). The van der Waals surface area contributed by atoms with Crippen LogP contribution in [0.5, 0.6) is 0 Å². The van der Waals surface area contributed by atoms with Crippen molar-refractivity contribution in [1.82, 2.24) is 9.47 Å². The molecule has 0 atom stereocenters. The Labute approximate surface area is 94.3 Å². The quantitative estimate of drug-likeness (QED) is 0.668. The lowest BCUT2D eigenvalue weighted by atomic mass is 10.0. The number of aryl methyl sites for hydroxylation is 1. The van der Waals surface area contributed by atoms with Crippen LogP contribution in [0.3, 0.4) is 0 Å². The van der Waals surface area contributed by atoms with Gasteiger partial charge in [0.2, 0.25) is 0 Å². The van der Waals surface area contributed by atoms with E-state index in [1.807, 2.05) is 32.3 Å². The van der Waals surface area contributed by atoms with E-state index in [-0.39, 0.29) is 5.78 Å². The van der Waals surface area contributed by atoms with Crippen LogP contribution in [-0.2, 0) is 13.6 Å². The minimum atomic E-state index is 0.237. The molecule has 1 aromatic heterocycles. The number of aromatic nitrogens is 1.